The lowest BCUT2D eigenvalue weighted by Gasteiger charge is -2.54. The van der Waals surface area contributed by atoms with Gasteiger partial charge in [-0.15, -0.1) is 0 Å². The maximum atomic E-state index is 15.3. The Labute approximate surface area is 394 Å². The van der Waals surface area contributed by atoms with Crippen LogP contribution in [0.2, 0.25) is 0 Å². The first-order valence-corrected chi connectivity index (χ1v) is 24.1. The van der Waals surface area contributed by atoms with E-state index in [9.17, 15) is 24.0 Å². The summed E-state index contributed by atoms with van der Waals surface area (Å²) >= 11 is 0. The van der Waals surface area contributed by atoms with Crippen molar-refractivity contribution >= 4 is 34.6 Å². The molecular formula is C53H58FN7O7. The molecule has 11 rings (SSSR count). The highest BCUT2D eigenvalue weighted by Crippen LogP contribution is 2.46. The molecule has 2 saturated carbocycles. The van der Waals surface area contributed by atoms with Crippen LogP contribution in [-0.4, -0.2) is 118 Å². The zero-order valence-electron chi connectivity index (χ0n) is 38.2. The second kappa shape index (κ2) is 18.9. The van der Waals surface area contributed by atoms with E-state index in [-0.39, 0.29) is 93.7 Å². The van der Waals surface area contributed by atoms with Crippen molar-refractivity contribution in [2.24, 2.45) is 11.7 Å². The van der Waals surface area contributed by atoms with Gasteiger partial charge < -0.3 is 30.3 Å². The Balaban J connectivity index is 0.807. The molecule has 15 heteroatoms. The van der Waals surface area contributed by atoms with Crippen LogP contribution in [0.3, 0.4) is 0 Å². The van der Waals surface area contributed by atoms with Crippen LogP contribution in [0, 0.1) is 11.7 Å². The van der Waals surface area contributed by atoms with Crippen LogP contribution in [0.1, 0.15) is 96.4 Å². The second-order valence-electron chi connectivity index (χ2n) is 19.5. The molecular weight excluding hydrogens is 866 g/mol. The maximum absolute atomic E-state index is 15.3. The molecule has 4 heterocycles. The van der Waals surface area contributed by atoms with Gasteiger partial charge in [0, 0.05) is 43.9 Å². The fourth-order valence-electron chi connectivity index (χ4n) is 11.3. The molecule has 5 fully saturated rings. The average Bonchev–Trinajstić information content (AvgIpc) is 3.70. The quantitative estimate of drug-likeness (QED) is 0.130. The molecule has 1 aromatic heterocycles. The zero-order valence-corrected chi connectivity index (χ0v) is 38.2. The largest absolute Gasteiger partial charge is 0.448 e. The van der Waals surface area contributed by atoms with E-state index in [1.807, 2.05) is 30.3 Å². The molecule has 2 bridgehead atoms. The van der Waals surface area contributed by atoms with Crippen molar-refractivity contribution in [1.82, 2.24) is 30.2 Å². The summed E-state index contributed by atoms with van der Waals surface area (Å²) in [6.45, 7) is 0.918. The minimum Gasteiger partial charge on any atom is -0.448 e. The number of aromatic amines is 1. The van der Waals surface area contributed by atoms with Crippen LogP contribution in [0.4, 0.5) is 9.18 Å². The molecule has 5 aromatic rings. The predicted octanol–water partition coefficient (Wildman–Crippen LogP) is 6.29. The average molecular weight is 924 g/mol. The van der Waals surface area contributed by atoms with Gasteiger partial charge in [0.1, 0.15) is 19.0 Å². The van der Waals surface area contributed by atoms with Crippen molar-refractivity contribution < 1.29 is 33.0 Å². The number of fused-ring (bicyclic) bond motifs is 7. The number of ether oxygens (including phenoxy) is 2. The topological polar surface area (TPSA) is 180 Å². The number of aromatic nitrogens is 2. The molecule has 354 valence electrons. The lowest BCUT2D eigenvalue weighted by atomic mass is 9.70. The Morgan fingerprint density at radius 2 is 1.50 bits per heavy atom. The number of nitrogens with two attached hydrogens (primary N) is 1. The predicted molar refractivity (Wildman–Crippen MR) is 253 cm³/mol. The summed E-state index contributed by atoms with van der Waals surface area (Å²) in [7, 11) is 0. The van der Waals surface area contributed by atoms with Crippen LogP contribution >= 0.6 is 0 Å². The van der Waals surface area contributed by atoms with Gasteiger partial charge in [0.25, 0.3) is 11.5 Å². The Bertz CT molecular complexity index is 2730. The van der Waals surface area contributed by atoms with Gasteiger partial charge in [-0.2, -0.15) is 5.10 Å². The maximum Gasteiger partial charge on any atom is 0.410 e. The number of carbonyl (C=O) groups excluding carboxylic acids is 4. The SMILES string of the molecule is N[C@@H](C(=O)NC12CCC(CN(CC(=O)N3CCN(C(=O)c4cc(Cc5n[nH]c(=O)c6ccccc56)ccc4F)CC3)C(=O)OCC3c4ccccc4-c4ccccc43)(CC1)OC2)C1CCCCC1. The van der Waals surface area contributed by atoms with Crippen LogP contribution in [0.5, 0.6) is 0 Å². The lowest BCUT2D eigenvalue weighted by molar-refractivity contribution is -0.174. The summed E-state index contributed by atoms with van der Waals surface area (Å²) in [5.74, 6) is -1.59. The van der Waals surface area contributed by atoms with Crippen LogP contribution in [0.15, 0.2) is 95.8 Å². The molecule has 0 spiro atoms. The van der Waals surface area contributed by atoms with Crippen molar-refractivity contribution in [1.29, 1.82) is 0 Å². The Morgan fingerprint density at radius 3 is 2.18 bits per heavy atom. The monoisotopic (exact) mass is 923 g/mol. The Morgan fingerprint density at radius 1 is 0.853 bits per heavy atom. The summed E-state index contributed by atoms with van der Waals surface area (Å²) in [5, 5.41) is 11.2. The van der Waals surface area contributed by atoms with Gasteiger partial charge in [-0.3, -0.25) is 24.1 Å². The first kappa shape index (κ1) is 45.3. The zero-order chi connectivity index (χ0) is 47.0. The van der Waals surface area contributed by atoms with E-state index in [0.717, 1.165) is 47.9 Å². The number of carbonyl (C=O) groups is 4. The summed E-state index contributed by atoms with van der Waals surface area (Å²) in [4.78, 5) is 72.9. The number of piperazine rings is 1. The fourth-order valence-corrected chi connectivity index (χ4v) is 11.3. The van der Waals surface area contributed by atoms with Gasteiger partial charge in [-0.05, 0) is 90.5 Å². The van der Waals surface area contributed by atoms with Crippen LogP contribution in [0.25, 0.3) is 21.9 Å². The fraction of sp³-hybridized carbons (Fsp3) is 0.434. The molecule has 14 nitrogen and oxygen atoms in total. The number of rotatable bonds is 12. The molecule has 3 aliphatic heterocycles. The minimum absolute atomic E-state index is 0.0817. The first-order valence-electron chi connectivity index (χ1n) is 24.1. The number of hydrogen-bond acceptors (Lipinski definition) is 9. The third-order valence-electron chi connectivity index (χ3n) is 15.3. The van der Waals surface area contributed by atoms with Gasteiger partial charge in [0.2, 0.25) is 11.8 Å². The molecule has 0 unspecified atom stereocenters. The first-order chi connectivity index (χ1) is 33.0. The summed E-state index contributed by atoms with van der Waals surface area (Å²) in [6, 6.07) is 27.2. The Hall–Kier alpha value is -6.45. The number of benzene rings is 4. The van der Waals surface area contributed by atoms with Gasteiger partial charge in [-0.1, -0.05) is 92.1 Å². The molecule has 3 saturated heterocycles. The van der Waals surface area contributed by atoms with Gasteiger partial charge in [0.05, 0.1) is 47.0 Å². The minimum atomic E-state index is -0.742. The summed E-state index contributed by atoms with van der Waals surface area (Å²) < 4.78 is 28.1. The normalized spacial score (nSPS) is 21.8. The van der Waals surface area contributed by atoms with Crippen molar-refractivity contribution in [3.05, 3.63) is 135 Å². The number of nitrogens with one attached hydrogen (secondary N) is 2. The van der Waals surface area contributed by atoms with Crippen molar-refractivity contribution in [3.8, 4) is 11.1 Å². The van der Waals surface area contributed by atoms with E-state index in [2.05, 4.69) is 39.8 Å². The molecule has 6 aliphatic rings. The summed E-state index contributed by atoms with van der Waals surface area (Å²) in [6.07, 6.45) is 7.39. The van der Waals surface area contributed by atoms with Crippen molar-refractivity contribution in [2.45, 2.75) is 87.3 Å². The summed E-state index contributed by atoms with van der Waals surface area (Å²) in [5.41, 5.74) is 10.4. The molecule has 4 N–H and O–H groups in total. The van der Waals surface area contributed by atoms with Crippen molar-refractivity contribution in [3.63, 3.8) is 0 Å². The number of H-pyrrole nitrogens is 1. The number of halogens is 1. The van der Waals surface area contributed by atoms with E-state index >= 15 is 4.39 Å². The number of nitrogens with zero attached hydrogens (tertiary/aromatic N) is 4. The van der Waals surface area contributed by atoms with E-state index < -0.39 is 35.0 Å². The van der Waals surface area contributed by atoms with Crippen molar-refractivity contribution in [2.75, 3.05) is 52.5 Å². The van der Waals surface area contributed by atoms with E-state index in [1.54, 1.807) is 29.2 Å². The molecule has 1 atom stereocenters. The lowest BCUT2D eigenvalue weighted by Crippen LogP contribution is -2.67. The van der Waals surface area contributed by atoms with Gasteiger partial charge in [-0.25, -0.2) is 14.3 Å². The van der Waals surface area contributed by atoms with E-state index in [0.29, 0.717) is 47.7 Å². The van der Waals surface area contributed by atoms with E-state index in [4.69, 9.17) is 15.2 Å². The highest BCUT2D eigenvalue weighted by atomic mass is 19.1. The molecule has 4 amide bonds. The van der Waals surface area contributed by atoms with E-state index in [1.165, 1.54) is 28.4 Å². The third-order valence-corrected chi connectivity index (χ3v) is 15.3. The number of hydrogen-bond donors (Lipinski definition) is 3. The molecule has 4 aromatic carbocycles. The van der Waals surface area contributed by atoms with Gasteiger partial charge in [0.15, 0.2) is 0 Å². The van der Waals surface area contributed by atoms with Crippen LogP contribution < -0.4 is 16.6 Å². The smallest absolute Gasteiger partial charge is 0.410 e. The highest BCUT2D eigenvalue weighted by molar-refractivity contribution is 5.95. The standard InChI is InChI=1S/C53H58FN7O7/c54-44-19-18-34(29-45-40-16-8-9-17-41(40)48(63)58-57-45)28-42(44)50(65)60-26-24-59(25-27-60)46(62)30-61(51(66)67-31-43-38-14-6-4-12-36(38)37-13-5-7-15-39(37)43)32-53-22-20-52(21-23-53,33-68-53)56-49(64)47(55)35-10-2-1-3-11-35/h4-9,12-19,28,35,43,47H,1-3,10-11,20-27,29-33,55H2,(H,56,64)(H,58,63)/t47-,52?,53?/m1/s1. The molecule has 3 aliphatic carbocycles. The third kappa shape index (κ3) is 9.01. The Kier molecular flexibility index (Phi) is 12.6. The molecule has 68 heavy (non-hydrogen) atoms. The molecule has 0 radical (unpaired) electrons. The van der Waals surface area contributed by atoms with Gasteiger partial charge >= 0.3 is 6.09 Å². The number of amides is 4. The highest BCUT2D eigenvalue weighted by Gasteiger charge is 2.52. The van der Waals surface area contributed by atoms with Crippen LogP contribution in [-0.2, 0) is 25.5 Å². The second-order valence-corrected chi connectivity index (χ2v) is 19.5.